The Morgan fingerprint density at radius 1 is 1.26 bits per heavy atom. The Labute approximate surface area is 161 Å². The number of nitrogens with zero attached hydrogens (tertiary/aromatic N) is 1. The largest absolute Gasteiger partial charge is 0.471 e. The lowest BCUT2D eigenvalue weighted by atomic mass is 10.0. The second-order valence-electron chi connectivity index (χ2n) is 6.66. The summed E-state index contributed by atoms with van der Waals surface area (Å²) in [5.74, 6) is 0.161. The molecule has 140 valence electrons. The number of unbranched alkanes of at least 4 members (excludes halogenated alkanes) is 1. The van der Waals surface area contributed by atoms with Gasteiger partial charge in [-0.25, -0.2) is 9.18 Å². The highest BCUT2D eigenvalue weighted by atomic mass is 35.5. The first-order valence-corrected chi connectivity index (χ1v) is 9.36. The summed E-state index contributed by atoms with van der Waals surface area (Å²) in [4.78, 5) is 13.9. The number of para-hydroxylation sites is 1. The maximum atomic E-state index is 14.2. The average molecular weight is 388 g/mol. The van der Waals surface area contributed by atoms with Gasteiger partial charge < -0.3 is 14.1 Å². The smallest absolute Gasteiger partial charge is 0.336 e. The molecule has 27 heavy (non-hydrogen) atoms. The van der Waals surface area contributed by atoms with E-state index < -0.39 is 5.63 Å². The van der Waals surface area contributed by atoms with Crippen LogP contribution in [-0.2, 0) is 13.0 Å². The number of rotatable bonds is 4. The number of aryl methyl sites for hydroxylation is 1. The van der Waals surface area contributed by atoms with Crippen LogP contribution < -0.4 is 15.3 Å². The van der Waals surface area contributed by atoms with Gasteiger partial charge in [0, 0.05) is 11.5 Å². The fraction of sp³-hybridized carbons (Fsp3) is 0.286. The van der Waals surface area contributed by atoms with E-state index in [1.165, 1.54) is 12.1 Å². The van der Waals surface area contributed by atoms with E-state index in [-0.39, 0.29) is 12.5 Å². The molecular formula is C21H19ClFNO3. The van der Waals surface area contributed by atoms with Crippen LogP contribution in [0.2, 0.25) is 5.02 Å². The second-order valence-corrected chi connectivity index (χ2v) is 7.07. The Bertz CT molecular complexity index is 1060. The Morgan fingerprint density at radius 3 is 2.85 bits per heavy atom. The molecule has 2 heterocycles. The molecule has 0 spiro atoms. The lowest BCUT2D eigenvalue weighted by Gasteiger charge is -2.31. The molecule has 2 aromatic carbocycles. The van der Waals surface area contributed by atoms with Crippen molar-refractivity contribution in [2.24, 2.45) is 0 Å². The number of ether oxygens (including phenoxy) is 1. The fourth-order valence-electron chi connectivity index (χ4n) is 3.49. The molecule has 3 aromatic rings. The van der Waals surface area contributed by atoms with Gasteiger partial charge in [-0.2, -0.15) is 0 Å². The number of hydrogen-bond acceptors (Lipinski definition) is 4. The van der Waals surface area contributed by atoms with E-state index in [0.29, 0.717) is 34.2 Å². The maximum Gasteiger partial charge on any atom is 0.336 e. The number of hydrogen-bond donors (Lipinski definition) is 0. The van der Waals surface area contributed by atoms with E-state index in [4.69, 9.17) is 20.8 Å². The first-order valence-electron chi connectivity index (χ1n) is 8.99. The van der Waals surface area contributed by atoms with Crippen molar-refractivity contribution >= 4 is 28.3 Å². The molecule has 0 radical (unpaired) electrons. The Kier molecular flexibility index (Phi) is 4.79. The van der Waals surface area contributed by atoms with E-state index in [1.54, 1.807) is 29.2 Å². The zero-order valence-corrected chi connectivity index (χ0v) is 15.7. The molecule has 4 rings (SSSR count). The summed E-state index contributed by atoms with van der Waals surface area (Å²) in [7, 11) is 0. The summed E-state index contributed by atoms with van der Waals surface area (Å²) in [5, 5.41) is 1.28. The van der Waals surface area contributed by atoms with Crippen molar-refractivity contribution in [3.63, 3.8) is 0 Å². The highest BCUT2D eigenvalue weighted by Crippen LogP contribution is 2.40. The summed E-state index contributed by atoms with van der Waals surface area (Å²) < 4.78 is 25.6. The molecule has 6 heteroatoms. The predicted octanol–water partition coefficient (Wildman–Crippen LogP) is 5.28. The molecule has 0 unspecified atom stereocenters. The fourth-order valence-corrected chi connectivity index (χ4v) is 3.77. The molecular weight excluding hydrogens is 369 g/mol. The summed E-state index contributed by atoms with van der Waals surface area (Å²) in [5.41, 5.74) is 2.08. The van der Waals surface area contributed by atoms with Crippen molar-refractivity contribution in [1.29, 1.82) is 0 Å². The summed E-state index contributed by atoms with van der Waals surface area (Å²) in [6.45, 7) is 2.61. The van der Waals surface area contributed by atoms with Crippen molar-refractivity contribution in [2.45, 2.75) is 32.7 Å². The first kappa shape index (κ1) is 17.9. The number of halogens is 2. The van der Waals surface area contributed by atoms with Crippen LogP contribution in [0.15, 0.2) is 45.6 Å². The summed E-state index contributed by atoms with van der Waals surface area (Å²) >= 11 is 6.45. The molecule has 4 nitrogen and oxygen atoms in total. The highest BCUT2D eigenvalue weighted by molar-refractivity contribution is 6.33. The topological polar surface area (TPSA) is 42.7 Å². The van der Waals surface area contributed by atoms with E-state index in [1.807, 2.05) is 0 Å². The van der Waals surface area contributed by atoms with Crippen molar-refractivity contribution in [3.8, 4) is 5.75 Å². The van der Waals surface area contributed by atoms with Crippen LogP contribution in [-0.4, -0.2) is 6.73 Å². The van der Waals surface area contributed by atoms with Crippen LogP contribution in [0.25, 0.3) is 11.0 Å². The molecule has 1 aliphatic rings. The minimum Gasteiger partial charge on any atom is -0.471 e. The Morgan fingerprint density at radius 2 is 2.07 bits per heavy atom. The third-order valence-corrected chi connectivity index (χ3v) is 5.11. The average Bonchev–Trinajstić information content (AvgIpc) is 2.67. The van der Waals surface area contributed by atoms with E-state index in [0.717, 1.165) is 30.2 Å². The monoisotopic (exact) mass is 387 g/mol. The molecule has 0 fully saturated rings. The quantitative estimate of drug-likeness (QED) is 0.571. The van der Waals surface area contributed by atoms with Gasteiger partial charge in [-0.3, -0.25) is 0 Å². The SMILES string of the molecule is CCCCc1cc(=O)oc2c3c(c(Cl)cc12)OCN(c1ccccc1F)C3. The number of anilines is 1. The van der Waals surface area contributed by atoms with Gasteiger partial charge in [-0.15, -0.1) is 0 Å². The van der Waals surface area contributed by atoms with Crippen LogP contribution in [0, 0.1) is 5.82 Å². The Hall–Kier alpha value is -2.53. The second kappa shape index (κ2) is 7.24. The highest BCUT2D eigenvalue weighted by Gasteiger charge is 2.26. The third kappa shape index (κ3) is 3.28. The van der Waals surface area contributed by atoms with Crippen LogP contribution >= 0.6 is 11.6 Å². The van der Waals surface area contributed by atoms with Crippen molar-refractivity contribution in [2.75, 3.05) is 11.6 Å². The molecule has 0 atom stereocenters. The van der Waals surface area contributed by atoms with Gasteiger partial charge in [0.05, 0.1) is 22.8 Å². The van der Waals surface area contributed by atoms with Crippen molar-refractivity contribution in [3.05, 3.63) is 68.8 Å². The first-order chi connectivity index (χ1) is 13.1. The van der Waals surface area contributed by atoms with Gasteiger partial charge in [0.2, 0.25) is 0 Å². The Balaban J connectivity index is 1.86. The molecule has 1 aliphatic heterocycles. The molecule has 0 bridgehead atoms. The molecule has 1 aromatic heterocycles. The van der Waals surface area contributed by atoms with Crippen molar-refractivity contribution < 1.29 is 13.5 Å². The van der Waals surface area contributed by atoms with Crippen LogP contribution in [0.3, 0.4) is 0 Å². The van der Waals surface area contributed by atoms with E-state index in [2.05, 4.69) is 6.92 Å². The van der Waals surface area contributed by atoms with Crippen molar-refractivity contribution in [1.82, 2.24) is 0 Å². The maximum absolute atomic E-state index is 14.2. The van der Waals surface area contributed by atoms with Crippen LogP contribution in [0.5, 0.6) is 5.75 Å². The molecule has 0 saturated carbocycles. The van der Waals surface area contributed by atoms with E-state index >= 15 is 0 Å². The van der Waals surface area contributed by atoms with Gasteiger partial charge in [-0.1, -0.05) is 37.1 Å². The normalized spacial score (nSPS) is 13.5. The minimum atomic E-state index is -0.402. The third-order valence-electron chi connectivity index (χ3n) is 4.83. The van der Waals surface area contributed by atoms with Gasteiger partial charge in [0.25, 0.3) is 0 Å². The molecule has 0 aliphatic carbocycles. The van der Waals surface area contributed by atoms with Gasteiger partial charge >= 0.3 is 5.63 Å². The molecule has 0 amide bonds. The van der Waals surface area contributed by atoms with Gasteiger partial charge in [-0.05, 0) is 36.6 Å². The predicted molar refractivity (Wildman–Crippen MR) is 104 cm³/mol. The summed E-state index contributed by atoms with van der Waals surface area (Å²) in [6, 6.07) is 9.83. The van der Waals surface area contributed by atoms with Gasteiger partial charge in [0.1, 0.15) is 17.1 Å². The lowest BCUT2D eigenvalue weighted by molar-refractivity contribution is 0.287. The van der Waals surface area contributed by atoms with Crippen LogP contribution in [0.4, 0.5) is 10.1 Å². The summed E-state index contributed by atoms with van der Waals surface area (Å²) in [6.07, 6.45) is 2.75. The zero-order chi connectivity index (χ0) is 19.0. The van der Waals surface area contributed by atoms with Crippen LogP contribution in [0.1, 0.15) is 30.9 Å². The lowest BCUT2D eigenvalue weighted by Crippen LogP contribution is -2.33. The molecule has 0 N–H and O–H groups in total. The standard InChI is InChI=1S/C21H19ClFNO3/c1-2-3-6-13-9-19(25)27-20-14(13)10-16(22)21-15(20)11-24(12-26-21)18-8-5-4-7-17(18)23/h4-5,7-10H,2-3,6,11-12H2,1H3. The molecule has 0 saturated heterocycles. The number of fused-ring (bicyclic) bond motifs is 3. The minimum absolute atomic E-state index is 0.166. The van der Waals surface area contributed by atoms with Gasteiger partial charge in [0.15, 0.2) is 6.73 Å². The zero-order valence-electron chi connectivity index (χ0n) is 14.9. The number of benzene rings is 2. The van der Waals surface area contributed by atoms with E-state index in [9.17, 15) is 9.18 Å².